The molecule has 0 saturated heterocycles. The molecule has 2 rings (SSSR count). The molecule has 0 saturated carbocycles. The SMILES string of the molecule is Cc1ccc(CNC(=O)[C@@H](C)N(Cc2ccc(Cl)cc2)C(=O)CN(C)S(C)(=O)=O)cc1. The summed E-state index contributed by atoms with van der Waals surface area (Å²) in [4.78, 5) is 27.1. The molecule has 2 amide bonds. The Morgan fingerprint density at radius 2 is 1.58 bits per heavy atom. The Morgan fingerprint density at radius 1 is 1.03 bits per heavy atom. The molecule has 0 heterocycles. The zero-order valence-electron chi connectivity index (χ0n) is 18.1. The Labute approximate surface area is 189 Å². The van der Waals surface area contributed by atoms with Crippen LogP contribution in [0.5, 0.6) is 0 Å². The summed E-state index contributed by atoms with van der Waals surface area (Å²) in [6, 6.07) is 13.9. The van der Waals surface area contributed by atoms with E-state index in [1.807, 2.05) is 31.2 Å². The van der Waals surface area contributed by atoms with E-state index in [0.717, 1.165) is 27.3 Å². The third-order valence-corrected chi connectivity index (χ3v) is 6.46. The smallest absolute Gasteiger partial charge is 0.242 e. The fourth-order valence-electron chi connectivity index (χ4n) is 2.81. The number of nitrogens with zero attached hydrogens (tertiary/aromatic N) is 2. The summed E-state index contributed by atoms with van der Waals surface area (Å²) < 4.78 is 24.4. The molecule has 0 unspecified atom stereocenters. The van der Waals surface area contributed by atoms with Crippen LogP contribution in [0.1, 0.15) is 23.6 Å². The molecule has 31 heavy (non-hydrogen) atoms. The van der Waals surface area contributed by atoms with Gasteiger partial charge in [0.15, 0.2) is 0 Å². The lowest BCUT2D eigenvalue weighted by Gasteiger charge is -2.30. The van der Waals surface area contributed by atoms with E-state index in [0.29, 0.717) is 11.6 Å². The summed E-state index contributed by atoms with van der Waals surface area (Å²) >= 11 is 5.93. The number of sulfonamides is 1. The third kappa shape index (κ3) is 7.65. The Balaban J connectivity index is 2.16. The average molecular weight is 466 g/mol. The first-order valence-electron chi connectivity index (χ1n) is 9.76. The summed E-state index contributed by atoms with van der Waals surface area (Å²) in [6.07, 6.45) is 1.03. The standard InChI is InChI=1S/C22H28ClN3O4S/c1-16-5-7-18(8-6-16)13-24-22(28)17(2)26(14-19-9-11-20(23)12-10-19)21(27)15-25(3)31(4,29)30/h5-12,17H,13-15H2,1-4H3,(H,24,28)/t17-/m1/s1. The monoisotopic (exact) mass is 465 g/mol. The van der Waals surface area contributed by atoms with Crippen LogP contribution < -0.4 is 5.32 Å². The number of hydrogen-bond acceptors (Lipinski definition) is 4. The van der Waals surface area contributed by atoms with Crippen LogP contribution in [0.15, 0.2) is 48.5 Å². The van der Waals surface area contributed by atoms with Crippen LogP contribution in [0.25, 0.3) is 0 Å². The van der Waals surface area contributed by atoms with Crippen molar-refractivity contribution in [3.8, 4) is 0 Å². The molecule has 0 aromatic heterocycles. The molecule has 0 spiro atoms. The van der Waals surface area contributed by atoms with Crippen molar-refractivity contribution in [2.45, 2.75) is 33.0 Å². The molecule has 1 atom stereocenters. The number of rotatable bonds is 9. The van der Waals surface area contributed by atoms with E-state index in [-0.39, 0.29) is 19.0 Å². The van der Waals surface area contributed by atoms with Gasteiger partial charge >= 0.3 is 0 Å². The van der Waals surface area contributed by atoms with Crippen molar-refractivity contribution >= 4 is 33.4 Å². The van der Waals surface area contributed by atoms with Gasteiger partial charge in [-0.25, -0.2) is 8.42 Å². The van der Waals surface area contributed by atoms with E-state index in [1.165, 1.54) is 11.9 Å². The molecular weight excluding hydrogens is 438 g/mol. The molecule has 0 aliphatic heterocycles. The molecule has 1 N–H and O–H groups in total. The highest BCUT2D eigenvalue weighted by atomic mass is 35.5. The van der Waals surface area contributed by atoms with Crippen molar-refractivity contribution < 1.29 is 18.0 Å². The van der Waals surface area contributed by atoms with Crippen LogP contribution in [0.2, 0.25) is 5.02 Å². The van der Waals surface area contributed by atoms with E-state index < -0.39 is 22.0 Å². The summed E-state index contributed by atoms with van der Waals surface area (Å²) in [5.74, 6) is -0.800. The number of hydrogen-bond donors (Lipinski definition) is 1. The fraction of sp³-hybridized carbons (Fsp3) is 0.364. The van der Waals surface area contributed by atoms with Crippen molar-refractivity contribution in [1.82, 2.24) is 14.5 Å². The van der Waals surface area contributed by atoms with Crippen LogP contribution >= 0.6 is 11.6 Å². The van der Waals surface area contributed by atoms with E-state index >= 15 is 0 Å². The first kappa shape index (κ1) is 24.8. The highest BCUT2D eigenvalue weighted by molar-refractivity contribution is 7.88. The number of aryl methyl sites for hydroxylation is 1. The van der Waals surface area contributed by atoms with Gasteiger partial charge in [-0.1, -0.05) is 53.6 Å². The number of benzene rings is 2. The number of carbonyl (C=O) groups is 2. The summed E-state index contributed by atoms with van der Waals surface area (Å²) in [7, 11) is -2.21. The van der Waals surface area contributed by atoms with E-state index in [1.54, 1.807) is 31.2 Å². The van der Waals surface area contributed by atoms with Crippen LogP contribution in [0.3, 0.4) is 0 Å². The largest absolute Gasteiger partial charge is 0.350 e. The zero-order valence-corrected chi connectivity index (χ0v) is 19.7. The second kappa shape index (κ2) is 10.7. The van der Waals surface area contributed by atoms with Crippen LogP contribution in [0.4, 0.5) is 0 Å². The van der Waals surface area contributed by atoms with Gasteiger partial charge in [0.2, 0.25) is 21.8 Å². The number of likely N-dealkylation sites (N-methyl/N-ethyl adjacent to an activating group) is 1. The second-order valence-electron chi connectivity index (χ2n) is 7.55. The van der Waals surface area contributed by atoms with E-state index in [9.17, 15) is 18.0 Å². The Bertz CT molecular complexity index is 1010. The molecular formula is C22H28ClN3O4S. The maximum absolute atomic E-state index is 12.9. The van der Waals surface area contributed by atoms with Gasteiger partial charge in [0, 0.05) is 25.2 Å². The molecule has 0 aliphatic rings. The van der Waals surface area contributed by atoms with E-state index in [2.05, 4.69) is 5.32 Å². The summed E-state index contributed by atoms with van der Waals surface area (Å²) in [5, 5.41) is 3.40. The first-order chi connectivity index (χ1) is 14.5. The predicted molar refractivity (Wildman–Crippen MR) is 122 cm³/mol. The number of nitrogens with one attached hydrogen (secondary N) is 1. The van der Waals surface area contributed by atoms with Gasteiger partial charge < -0.3 is 10.2 Å². The van der Waals surface area contributed by atoms with Gasteiger partial charge in [-0.3, -0.25) is 9.59 Å². The fourth-order valence-corrected chi connectivity index (χ4v) is 3.28. The topological polar surface area (TPSA) is 86.8 Å². The van der Waals surface area contributed by atoms with Gasteiger partial charge in [-0.15, -0.1) is 0 Å². The molecule has 0 radical (unpaired) electrons. The molecule has 0 fully saturated rings. The van der Waals surface area contributed by atoms with Crippen molar-refractivity contribution in [3.05, 3.63) is 70.2 Å². The van der Waals surface area contributed by atoms with Gasteiger partial charge in [0.05, 0.1) is 12.8 Å². The van der Waals surface area contributed by atoms with Gasteiger partial charge in [-0.05, 0) is 37.1 Å². The van der Waals surface area contributed by atoms with Crippen molar-refractivity contribution in [2.24, 2.45) is 0 Å². The van der Waals surface area contributed by atoms with Crippen molar-refractivity contribution in [3.63, 3.8) is 0 Å². The first-order valence-corrected chi connectivity index (χ1v) is 12.0. The highest BCUT2D eigenvalue weighted by Gasteiger charge is 2.28. The van der Waals surface area contributed by atoms with Crippen LogP contribution in [-0.4, -0.2) is 55.3 Å². The molecule has 9 heteroatoms. The molecule has 0 bridgehead atoms. The minimum Gasteiger partial charge on any atom is -0.350 e. The summed E-state index contributed by atoms with van der Waals surface area (Å²) in [5.41, 5.74) is 2.84. The average Bonchev–Trinajstić information content (AvgIpc) is 2.71. The minimum absolute atomic E-state index is 0.146. The number of halogens is 1. The maximum Gasteiger partial charge on any atom is 0.242 e. The Kier molecular flexibility index (Phi) is 8.61. The van der Waals surface area contributed by atoms with Crippen molar-refractivity contribution in [1.29, 1.82) is 0 Å². The lowest BCUT2D eigenvalue weighted by molar-refractivity contribution is -0.140. The van der Waals surface area contributed by atoms with Crippen LogP contribution in [0, 0.1) is 6.92 Å². The maximum atomic E-state index is 12.9. The lowest BCUT2D eigenvalue weighted by Crippen LogP contribution is -2.50. The van der Waals surface area contributed by atoms with Gasteiger partial charge in [-0.2, -0.15) is 4.31 Å². The third-order valence-electron chi connectivity index (χ3n) is 4.94. The Hall–Kier alpha value is -2.42. The number of amides is 2. The van der Waals surface area contributed by atoms with Crippen molar-refractivity contribution in [2.75, 3.05) is 19.8 Å². The zero-order chi connectivity index (χ0) is 23.2. The molecule has 7 nitrogen and oxygen atoms in total. The lowest BCUT2D eigenvalue weighted by atomic mass is 10.1. The summed E-state index contributed by atoms with van der Waals surface area (Å²) in [6.45, 7) is 3.72. The Morgan fingerprint density at radius 3 is 2.13 bits per heavy atom. The number of carbonyl (C=O) groups excluding carboxylic acids is 2. The second-order valence-corrected chi connectivity index (χ2v) is 10.1. The van der Waals surface area contributed by atoms with Gasteiger partial charge in [0.1, 0.15) is 6.04 Å². The quantitative estimate of drug-likeness (QED) is 0.616. The van der Waals surface area contributed by atoms with Gasteiger partial charge in [0.25, 0.3) is 0 Å². The predicted octanol–water partition coefficient (Wildman–Crippen LogP) is 2.57. The normalized spacial score (nSPS) is 12.5. The highest BCUT2D eigenvalue weighted by Crippen LogP contribution is 2.14. The molecule has 0 aliphatic carbocycles. The van der Waals surface area contributed by atoms with E-state index in [4.69, 9.17) is 11.6 Å². The molecule has 2 aromatic carbocycles. The molecule has 2 aromatic rings. The van der Waals surface area contributed by atoms with Crippen LogP contribution in [-0.2, 0) is 32.7 Å². The minimum atomic E-state index is -3.54. The molecule has 168 valence electrons.